The summed E-state index contributed by atoms with van der Waals surface area (Å²) in [6.07, 6.45) is 11.4. The van der Waals surface area contributed by atoms with Crippen LogP contribution in [0.25, 0.3) is 0 Å². The van der Waals surface area contributed by atoms with Gasteiger partial charge in [0.05, 0.1) is 12.1 Å². The van der Waals surface area contributed by atoms with Crippen LogP contribution >= 0.6 is 0 Å². The highest BCUT2D eigenvalue weighted by atomic mass is 16.2. The minimum absolute atomic E-state index is 0.0662. The number of nitrogens with one attached hydrogen (secondary N) is 2. The molecule has 308 valence electrons. The third kappa shape index (κ3) is 15.7. The first-order valence-electron chi connectivity index (χ1n) is 21.8. The Morgan fingerprint density at radius 3 is 1.86 bits per heavy atom. The summed E-state index contributed by atoms with van der Waals surface area (Å²) in [5.74, 6) is -1.58. The molecule has 2 fully saturated rings. The molecule has 1 saturated heterocycles. The molecule has 4 rings (SSSR count). The molecule has 2 N–H and O–H groups in total. The molecule has 1 aliphatic heterocycles. The van der Waals surface area contributed by atoms with Crippen LogP contribution in [0.1, 0.15) is 136 Å². The van der Waals surface area contributed by atoms with Crippen molar-refractivity contribution in [2.24, 2.45) is 29.1 Å². The van der Waals surface area contributed by atoms with Crippen LogP contribution < -0.4 is 10.6 Å². The first-order chi connectivity index (χ1) is 26.8. The fourth-order valence-electron chi connectivity index (χ4n) is 8.13. The summed E-state index contributed by atoms with van der Waals surface area (Å²) in [7, 11) is 0. The molecule has 0 bridgehead atoms. The molecule has 1 heterocycles. The molecule has 1 aliphatic carbocycles. The predicted molar refractivity (Wildman–Crippen MR) is 225 cm³/mol. The van der Waals surface area contributed by atoms with Gasteiger partial charge in [0.1, 0.15) is 5.78 Å². The topological polar surface area (TPSA) is 113 Å². The van der Waals surface area contributed by atoms with Gasteiger partial charge in [-0.1, -0.05) is 108 Å². The number of hydrogen-bond donors (Lipinski definition) is 2. The number of likely N-dealkylation sites (tertiary alicyclic amines) is 1. The molecule has 1 saturated carbocycles. The van der Waals surface area contributed by atoms with E-state index in [4.69, 9.17) is 0 Å². The lowest BCUT2D eigenvalue weighted by molar-refractivity contribution is -0.135. The second-order valence-corrected chi connectivity index (χ2v) is 18.0. The zero-order valence-electron chi connectivity index (χ0n) is 35.2. The van der Waals surface area contributed by atoms with Crippen molar-refractivity contribution in [3.63, 3.8) is 0 Å². The first-order valence-corrected chi connectivity index (χ1v) is 21.8. The molecule has 8 heteroatoms. The summed E-state index contributed by atoms with van der Waals surface area (Å²) in [6.45, 7) is 13.5. The summed E-state index contributed by atoms with van der Waals surface area (Å²) >= 11 is 0. The highest BCUT2D eigenvalue weighted by molar-refractivity contribution is 5.97. The van der Waals surface area contributed by atoms with E-state index in [-0.39, 0.29) is 53.8 Å². The molecule has 2 aromatic carbocycles. The maximum Gasteiger partial charge on any atom is 0.224 e. The summed E-state index contributed by atoms with van der Waals surface area (Å²) in [6, 6.07) is 18.2. The number of nitrogens with zero attached hydrogens (tertiary/aromatic N) is 1. The standard InChI is InChI=1S/C48H71N3O5/c1-35(2)30-42(44(53)34-40(32-38-20-12-7-13-21-38)47(56)50-43(31-36(3)4)45(54)48(5)25-26-48)49-46(55)39(24-23-37-18-10-6-11-19-37)33-41(52)22-14-8-15-27-51-28-16-9-17-29-51/h6-7,10-13,18-21,35-36,39-40,42-43H,8-9,14-17,22-34H2,1-5H3,(H,49,55)(H,50,56)/t39-,40?,42+,43?/m1/s1. The molecule has 2 unspecified atom stereocenters. The zero-order chi connectivity index (χ0) is 40.5. The normalized spacial score (nSPS) is 17.5. The van der Waals surface area contributed by atoms with Crippen LogP contribution in [0.15, 0.2) is 60.7 Å². The number of hydrogen-bond acceptors (Lipinski definition) is 6. The lowest BCUT2D eigenvalue weighted by atomic mass is 9.87. The van der Waals surface area contributed by atoms with Crippen molar-refractivity contribution in [3.05, 3.63) is 71.8 Å². The Morgan fingerprint density at radius 2 is 1.25 bits per heavy atom. The van der Waals surface area contributed by atoms with Gasteiger partial charge in [-0.15, -0.1) is 0 Å². The summed E-state index contributed by atoms with van der Waals surface area (Å²) in [5, 5.41) is 6.18. The van der Waals surface area contributed by atoms with E-state index in [9.17, 15) is 24.0 Å². The molecule has 2 aliphatic rings. The Balaban J connectivity index is 1.45. The number of benzene rings is 2. The van der Waals surface area contributed by atoms with E-state index in [0.29, 0.717) is 38.5 Å². The highest BCUT2D eigenvalue weighted by Gasteiger charge is 2.48. The average Bonchev–Trinajstić information content (AvgIpc) is 3.94. The minimum Gasteiger partial charge on any atom is -0.346 e. The van der Waals surface area contributed by atoms with E-state index < -0.39 is 29.3 Å². The number of aryl methyl sites for hydroxylation is 1. The summed E-state index contributed by atoms with van der Waals surface area (Å²) in [5.41, 5.74) is 1.64. The number of piperidine rings is 1. The van der Waals surface area contributed by atoms with Gasteiger partial charge < -0.3 is 15.5 Å². The molecule has 0 aromatic heterocycles. The zero-order valence-corrected chi connectivity index (χ0v) is 35.2. The Morgan fingerprint density at radius 1 is 0.679 bits per heavy atom. The fraction of sp³-hybridized carbons (Fsp3) is 0.646. The van der Waals surface area contributed by atoms with E-state index in [0.717, 1.165) is 49.8 Å². The van der Waals surface area contributed by atoms with Gasteiger partial charge in [-0.25, -0.2) is 0 Å². The van der Waals surface area contributed by atoms with Crippen LogP contribution in [0.2, 0.25) is 0 Å². The number of ketones is 3. The summed E-state index contributed by atoms with van der Waals surface area (Å²) < 4.78 is 0. The number of Topliss-reactive ketones (excluding diaryl/α,β-unsaturated/α-hetero) is 3. The number of carbonyl (C=O) groups is 5. The third-order valence-corrected chi connectivity index (χ3v) is 11.8. The molecular weight excluding hydrogens is 699 g/mol. The number of unbranched alkanes of at least 4 members (excludes halogenated alkanes) is 2. The predicted octanol–water partition coefficient (Wildman–Crippen LogP) is 8.49. The molecule has 8 nitrogen and oxygen atoms in total. The number of amides is 2. The van der Waals surface area contributed by atoms with Crippen molar-refractivity contribution in [2.75, 3.05) is 19.6 Å². The monoisotopic (exact) mass is 770 g/mol. The molecule has 2 amide bonds. The lowest BCUT2D eigenvalue weighted by Crippen LogP contribution is -2.49. The summed E-state index contributed by atoms with van der Waals surface area (Å²) in [4.78, 5) is 72.0. The highest BCUT2D eigenvalue weighted by Crippen LogP contribution is 2.47. The number of rotatable bonds is 26. The fourth-order valence-corrected chi connectivity index (χ4v) is 8.13. The van der Waals surface area contributed by atoms with Crippen molar-refractivity contribution in [1.29, 1.82) is 0 Å². The Kier molecular flexibility index (Phi) is 18.4. The van der Waals surface area contributed by atoms with Gasteiger partial charge in [-0.3, -0.25) is 24.0 Å². The minimum atomic E-state index is -0.795. The van der Waals surface area contributed by atoms with Crippen molar-refractivity contribution >= 4 is 29.2 Å². The second kappa shape index (κ2) is 22.9. The molecule has 0 radical (unpaired) electrons. The van der Waals surface area contributed by atoms with Gasteiger partial charge >= 0.3 is 0 Å². The van der Waals surface area contributed by atoms with E-state index in [1.54, 1.807) is 0 Å². The lowest BCUT2D eigenvalue weighted by Gasteiger charge is -2.27. The Labute approximate surface area is 337 Å². The first kappa shape index (κ1) is 45.1. The van der Waals surface area contributed by atoms with Crippen molar-refractivity contribution in [3.8, 4) is 0 Å². The SMILES string of the molecule is CC(C)CC(NC(=O)C(CC(=O)[C@H](CC(C)C)NC(=O)[C@H](CCc1ccccc1)CC(=O)CCCCCN1CCCCC1)Cc1ccccc1)C(=O)C1(C)CC1. The van der Waals surface area contributed by atoms with Crippen molar-refractivity contribution in [2.45, 2.75) is 149 Å². The Bertz CT molecular complexity index is 1530. The van der Waals surface area contributed by atoms with Crippen molar-refractivity contribution < 1.29 is 24.0 Å². The molecule has 2 aromatic rings. The third-order valence-electron chi connectivity index (χ3n) is 11.8. The Hall–Kier alpha value is -3.65. The largest absolute Gasteiger partial charge is 0.346 e. The van der Waals surface area contributed by atoms with E-state index in [2.05, 4.69) is 15.5 Å². The molecular formula is C48H71N3O5. The van der Waals surface area contributed by atoms with Gasteiger partial charge in [0.15, 0.2) is 11.6 Å². The van der Waals surface area contributed by atoms with Gasteiger partial charge in [0, 0.05) is 36.5 Å². The molecule has 56 heavy (non-hydrogen) atoms. The number of carbonyl (C=O) groups excluding carboxylic acids is 5. The van der Waals surface area contributed by atoms with E-state index >= 15 is 0 Å². The smallest absolute Gasteiger partial charge is 0.224 e. The van der Waals surface area contributed by atoms with Crippen molar-refractivity contribution in [1.82, 2.24) is 15.5 Å². The van der Waals surface area contributed by atoms with Gasteiger partial charge in [-0.05, 0) is 113 Å². The van der Waals surface area contributed by atoms with Crippen LogP contribution in [-0.4, -0.2) is 65.8 Å². The van der Waals surface area contributed by atoms with Gasteiger partial charge in [0.25, 0.3) is 0 Å². The average molecular weight is 770 g/mol. The van der Waals surface area contributed by atoms with Crippen LogP contribution in [0.5, 0.6) is 0 Å². The van der Waals surface area contributed by atoms with E-state index in [1.165, 1.54) is 32.4 Å². The molecule has 0 spiro atoms. The van der Waals surface area contributed by atoms with Crippen LogP contribution in [0, 0.1) is 29.1 Å². The maximum absolute atomic E-state index is 14.3. The van der Waals surface area contributed by atoms with Crippen LogP contribution in [0.4, 0.5) is 0 Å². The van der Waals surface area contributed by atoms with E-state index in [1.807, 2.05) is 95.3 Å². The second-order valence-electron chi connectivity index (χ2n) is 18.0. The molecule has 4 atom stereocenters. The van der Waals surface area contributed by atoms with Gasteiger partial charge in [-0.2, -0.15) is 0 Å². The quantitative estimate of drug-likeness (QED) is 0.0929. The maximum atomic E-state index is 14.3. The van der Waals surface area contributed by atoms with Gasteiger partial charge in [0.2, 0.25) is 11.8 Å². The van der Waals surface area contributed by atoms with Crippen LogP contribution in [-0.2, 0) is 36.8 Å². The van der Waals surface area contributed by atoms with Crippen LogP contribution in [0.3, 0.4) is 0 Å².